The van der Waals surface area contributed by atoms with Crippen LogP contribution in [-0.2, 0) is 9.47 Å². The predicted octanol–water partition coefficient (Wildman–Crippen LogP) is 4.03. The van der Waals surface area contributed by atoms with Crippen molar-refractivity contribution in [3.05, 3.63) is 0 Å². The predicted molar refractivity (Wildman–Crippen MR) is 74.7 cm³/mol. The van der Waals surface area contributed by atoms with Crippen LogP contribution in [0.25, 0.3) is 0 Å². The first-order chi connectivity index (χ1) is 9.10. The molecular weight excluding hydrogens is 224 g/mol. The average Bonchev–Trinajstić information content (AvgIpc) is 2.38. The Morgan fingerprint density at radius 1 is 1.11 bits per heavy atom. The first-order valence-electron chi connectivity index (χ1n) is 8.33. The SMILES string of the molecule is [3H]C1CC(C)COC1CCC1CC(C)COC1CC. The second-order valence-electron chi connectivity index (χ2n) is 6.41. The molecule has 0 aliphatic carbocycles. The van der Waals surface area contributed by atoms with Gasteiger partial charge in [-0.05, 0) is 56.3 Å². The van der Waals surface area contributed by atoms with Gasteiger partial charge in [-0.15, -0.1) is 0 Å². The summed E-state index contributed by atoms with van der Waals surface area (Å²) in [4.78, 5) is 0. The van der Waals surface area contributed by atoms with E-state index in [4.69, 9.17) is 10.8 Å². The second-order valence-corrected chi connectivity index (χ2v) is 6.41. The molecule has 2 aliphatic rings. The normalized spacial score (nSPS) is 46.7. The Balaban J connectivity index is 1.79. The molecule has 0 radical (unpaired) electrons. The second kappa shape index (κ2) is 6.91. The van der Waals surface area contributed by atoms with Gasteiger partial charge in [0.1, 0.15) is 0 Å². The zero-order chi connectivity index (χ0) is 13.8. The summed E-state index contributed by atoms with van der Waals surface area (Å²) in [6.45, 7) is 8.45. The molecule has 0 aromatic carbocycles. The molecule has 0 N–H and O–H groups in total. The van der Waals surface area contributed by atoms with Gasteiger partial charge in [-0.25, -0.2) is 0 Å². The maximum atomic E-state index is 8.16. The number of hydrogen-bond acceptors (Lipinski definition) is 2. The zero-order valence-corrected chi connectivity index (χ0v) is 12.2. The van der Waals surface area contributed by atoms with Crippen LogP contribution in [0.15, 0.2) is 0 Å². The average molecular weight is 256 g/mol. The molecule has 6 unspecified atom stereocenters. The highest BCUT2D eigenvalue weighted by Crippen LogP contribution is 2.32. The molecule has 18 heavy (non-hydrogen) atoms. The molecule has 2 rings (SSSR count). The van der Waals surface area contributed by atoms with Crippen LogP contribution in [0.5, 0.6) is 0 Å². The van der Waals surface area contributed by atoms with E-state index in [2.05, 4.69) is 20.8 Å². The van der Waals surface area contributed by atoms with Crippen molar-refractivity contribution in [3.63, 3.8) is 0 Å². The molecule has 0 aromatic heterocycles. The fraction of sp³-hybridized carbons (Fsp3) is 1.00. The minimum atomic E-state index is -0.0224. The summed E-state index contributed by atoms with van der Waals surface area (Å²) in [5.74, 6) is 1.91. The lowest BCUT2D eigenvalue weighted by molar-refractivity contribution is -0.0660. The zero-order valence-electron chi connectivity index (χ0n) is 13.2. The minimum Gasteiger partial charge on any atom is -0.378 e. The standard InChI is InChI=1S/C16H30O2/c1-4-16-14(9-13(3)11-18-16)6-8-15-7-5-12(2)10-17-15/h12-16H,4-11H2,1-3H3/i7T. The molecule has 2 nitrogen and oxygen atoms in total. The molecule has 0 saturated carbocycles. The van der Waals surface area contributed by atoms with Crippen LogP contribution in [-0.4, -0.2) is 25.4 Å². The van der Waals surface area contributed by atoms with Crippen molar-refractivity contribution in [3.8, 4) is 0 Å². The van der Waals surface area contributed by atoms with Gasteiger partial charge in [0.05, 0.1) is 12.2 Å². The van der Waals surface area contributed by atoms with E-state index in [9.17, 15) is 0 Å². The Kier molecular flexibility index (Phi) is 4.96. The molecule has 2 heterocycles. The minimum absolute atomic E-state index is 0.0224. The van der Waals surface area contributed by atoms with Gasteiger partial charge in [-0.3, -0.25) is 0 Å². The van der Waals surface area contributed by atoms with Crippen LogP contribution < -0.4 is 0 Å². The molecule has 0 spiro atoms. The van der Waals surface area contributed by atoms with Gasteiger partial charge in [-0.1, -0.05) is 20.8 Å². The van der Waals surface area contributed by atoms with Gasteiger partial charge in [0, 0.05) is 14.6 Å². The van der Waals surface area contributed by atoms with Crippen LogP contribution in [0.3, 0.4) is 0 Å². The van der Waals surface area contributed by atoms with Gasteiger partial charge in [0.2, 0.25) is 0 Å². The van der Waals surface area contributed by atoms with Crippen LogP contribution in [0.4, 0.5) is 0 Å². The third-order valence-corrected chi connectivity index (χ3v) is 4.45. The highest BCUT2D eigenvalue weighted by molar-refractivity contribution is 4.78. The van der Waals surface area contributed by atoms with Gasteiger partial charge in [0.25, 0.3) is 0 Å². The first-order valence-corrected chi connectivity index (χ1v) is 7.75. The summed E-state index contributed by atoms with van der Waals surface area (Å²) in [7, 11) is 0. The fourth-order valence-corrected chi connectivity index (χ4v) is 3.30. The quantitative estimate of drug-likeness (QED) is 0.756. The Morgan fingerprint density at radius 2 is 1.89 bits per heavy atom. The summed E-state index contributed by atoms with van der Waals surface area (Å²) >= 11 is 0. The van der Waals surface area contributed by atoms with Crippen LogP contribution >= 0.6 is 0 Å². The summed E-state index contributed by atoms with van der Waals surface area (Å²) < 4.78 is 20.0. The molecule has 0 amide bonds. The van der Waals surface area contributed by atoms with Crippen molar-refractivity contribution in [1.82, 2.24) is 0 Å². The lowest BCUT2D eigenvalue weighted by Gasteiger charge is -2.36. The Morgan fingerprint density at radius 3 is 2.61 bits per heavy atom. The summed E-state index contributed by atoms with van der Waals surface area (Å²) in [6, 6.07) is 0. The van der Waals surface area contributed by atoms with Crippen molar-refractivity contribution in [2.24, 2.45) is 17.8 Å². The number of rotatable bonds is 4. The van der Waals surface area contributed by atoms with Crippen LogP contribution in [0.1, 0.15) is 60.6 Å². The Labute approximate surface area is 114 Å². The molecule has 2 heteroatoms. The van der Waals surface area contributed by atoms with Crippen LogP contribution in [0.2, 0.25) is 0 Å². The Hall–Kier alpha value is -0.0800. The van der Waals surface area contributed by atoms with Crippen molar-refractivity contribution in [1.29, 1.82) is 0 Å². The lowest BCUT2D eigenvalue weighted by Crippen LogP contribution is -2.34. The largest absolute Gasteiger partial charge is 0.378 e. The van der Waals surface area contributed by atoms with E-state index in [0.29, 0.717) is 23.9 Å². The number of ether oxygens (including phenoxy) is 2. The van der Waals surface area contributed by atoms with Crippen molar-refractivity contribution in [2.75, 3.05) is 13.2 Å². The summed E-state index contributed by atoms with van der Waals surface area (Å²) in [6.07, 6.45) is 6.17. The summed E-state index contributed by atoms with van der Waals surface area (Å²) in [5.41, 5.74) is 0. The van der Waals surface area contributed by atoms with E-state index in [1.807, 2.05) is 0 Å². The monoisotopic (exact) mass is 256 g/mol. The molecule has 0 aromatic rings. The topological polar surface area (TPSA) is 18.5 Å². The van der Waals surface area contributed by atoms with Gasteiger partial charge < -0.3 is 9.47 Å². The third-order valence-electron chi connectivity index (χ3n) is 4.45. The molecule has 2 saturated heterocycles. The van der Waals surface area contributed by atoms with E-state index < -0.39 is 0 Å². The first kappa shape index (κ1) is 12.9. The Bertz CT molecular complexity index is 271. The highest BCUT2D eigenvalue weighted by Gasteiger charge is 2.29. The molecular formula is C16H30O2. The van der Waals surface area contributed by atoms with Gasteiger partial charge in [0.15, 0.2) is 0 Å². The van der Waals surface area contributed by atoms with E-state index >= 15 is 0 Å². The summed E-state index contributed by atoms with van der Waals surface area (Å²) in [5, 5.41) is 0. The molecule has 0 bridgehead atoms. The van der Waals surface area contributed by atoms with Crippen molar-refractivity contribution >= 4 is 0 Å². The maximum Gasteiger partial charge on any atom is 0.0600 e. The van der Waals surface area contributed by atoms with E-state index in [1.54, 1.807) is 0 Å². The lowest BCUT2D eigenvalue weighted by atomic mass is 9.83. The highest BCUT2D eigenvalue weighted by atomic mass is 16.5. The van der Waals surface area contributed by atoms with E-state index in [1.165, 1.54) is 6.42 Å². The maximum absolute atomic E-state index is 8.16. The fourth-order valence-electron chi connectivity index (χ4n) is 3.30. The van der Waals surface area contributed by atoms with E-state index in [0.717, 1.165) is 38.9 Å². The van der Waals surface area contributed by atoms with Gasteiger partial charge in [-0.2, -0.15) is 0 Å². The van der Waals surface area contributed by atoms with E-state index in [-0.39, 0.29) is 12.5 Å². The van der Waals surface area contributed by atoms with Crippen LogP contribution in [0, 0.1) is 17.8 Å². The third kappa shape index (κ3) is 3.96. The van der Waals surface area contributed by atoms with Crippen molar-refractivity contribution in [2.45, 2.75) is 71.5 Å². The molecule has 6 atom stereocenters. The molecule has 2 fully saturated rings. The smallest absolute Gasteiger partial charge is 0.0600 e. The molecule has 106 valence electrons. The van der Waals surface area contributed by atoms with Gasteiger partial charge >= 0.3 is 0 Å². The number of hydrogen-bond donors (Lipinski definition) is 0. The molecule has 2 aliphatic heterocycles. The van der Waals surface area contributed by atoms with Crippen molar-refractivity contribution < 1.29 is 10.8 Å².